The number of hydrogen-bond donors (Lipinski definition) is 0. The molecule has 0 radical (unpaired) electrons. The van der Waals surface area contributed by atoms with Crippen molar-refractivity contribution in [1.29, 1.82) is 0 Å². The van der Waals surface area contributed by atoms with Crippen LogP contribution in [0.1, 0.15) is 23.6 Å². The number of ether oxygens (including phenoxy) is 2. The lowest BCUT2D eigenvalue weighted by atomic mass is 10.0. The highest BCUT2D eigenvalue weighted by molar-refractivity contribution is 5.31. The summed E-state index contributed by atoms with van der Waals surface area (Å²) in [6, 6.07) is 7.28. The molecule has 2 nitrogen and oxygen atoms in total. The van der Waals surface area contributed by atoms with Crippen LogP contribution in [0.3, 0.4) is 0 Å². The molecule has 0 amide bonds. The fourth-order valence-corrected chi connectivity index (χ4v) is 1.56. The Morgan fingerprint density at radius 3 is 2.77 bits per heavy atom. The maximum atomic E-state index is 13.3. The minimum atomic E-state index is -1.03. The van der Waals surface area contributed by atoms with Gasteiger partial charge in [-0.1, -0.05) is 24.3 Å². The summed E-state index contributed by atoms with van der Waals surface area (Å²) in [6.45, 7) is 0.0789. The van der Waals surface area contributed by atoms with E-state index in [0.29, 0.717) is 5.56 Å². The van der Waals surface area contributed by atoms with E-state index in [-0.39, 0.29) is 6.61 Å². The van der Waals surface area contributed by atoms with Crippen LogP contribution in [0.5, 0.6) is 0 Å². The van der Waals surface area contributed by atoms with Crippen molar-refractivity contribution in [3.8, 4) is 0 Å². The van der Waals surface area contributed by atoms with Gasteiger partial charge in [0.2, 0.25) is 0 Å². The Balaban J connectivity index is 2.42. The van der Waals surface area contributed by atoms with Gasteiger partial charge in [0.05, 0.1) is 6.61 Å². The highest BCUT2D eigenvalue weighted by atomic mass is 19.1. The molecule has 0 aliphatic carbocycles. The van der Waals surface area contributed by atoms with Crippen molar-refractivity contribution in [1.82, 2.24) is 0 Å². The quantitative estimate of drug-likeness (QED) is 0.663. The first kappa shape index (κ1) is 8.66. The average molecular weight is 182 g/mol. The third-order valence-corrected chi connectivity index (χ3v) is 2.20. The zero-order chi connectivity index (χ0) is 9.26. The average Bonchev–Trinajstić information content (AvgIpc) is 2.19. The predicted molar refractivity (Wildman–Crippen MR) is 46.0 cm³/mol. The molecule has 1 aliphatic heterocycles. The molecule has 2 atom stereocenters. The van der Waals surface area contributed by atoms with Gasteiger partial charge in [-0.05, 0) is 5.56 Å². The second kappa shape index (κ2) is 3.44. The first-order chi connectivity index (χ1) is 6.33. The lowest BCUT2D eigenvalue weighted by Gasteiger charge is -2.26. The molecule has 0 saturated heterocycles. The monoisotopic (exact) mass is 182 g/mol. The molecule has 0 aromatic heterocycles. The van der Waals surface area contributed by atoms with Crippen LogP contribution >= 0.6 is 0 Å². The molecule has 13 heavy (non-hydrogen) atoms. The van der Waals surface area contributed by atoms with Crippen LogP contribution < -0.4 is 0 Å². The van der Waals surface area contributed by atoms with Gasteiger partial charge in [0, 0.05) is 12.7 Å². The van der Waals surface area contributed by atoms with Gasteiger partial charge in [0.15, 0.2) is 6.29 Å². The van der Waals surface area contributed by atoms with Crippen molar-refractivity contribution in [2.75, 3.05) is 13.7 Å². The summed E-state index contributed by atoms with van der Waals surface area (Å²) in [5.41, 5.74) is 1.48. The van der Waals surface area contributed by atoms with Crippen LogP contribution in [0.25, 0.3) is 0 Å². The SMILES string of the molecule is CO[C@@H]1OC[C@@H](F)c2ccccc21. The molecule has 2 rings (SSSR count). The number of fused-ring (bicyclic) bond motifs is 1. The first-order valence-corrected chi connectivity index (χ1v) is 4.20. The zero-order valence-corrected chi connectivity index (χ0v) is 7.37. The molecular weight excluding hydrogens is 171 g/mol. The molecule has 0 spiro atoms. The van der Waals surface area contributed by atoms with E-state index >= 15 is 0 Å². The molecule has 0 N–H and O–H groups in total. The minimum absolute atomic E-state index is 0.0789. The van der Waals surface area contributed by atoms with E-state index in [9.17, 15) is 4.39 Å². The van der Waals surface area contributed by atoms with E-state index in [1.807, 2.05) is 18.2 Å². The summed E-state index contributed by atoms with van der Waals surface area (Å²) in [5.74, 6) is 0. The minimum Gasteiger partial charge on any atom is -0.352 e. The Hall–Kier alpha value is -0.930. The van der Waals surface area contributed by atoms with E-state index in [4.69, 9.17) is 9.47 Å². The number of alkyl halides is 1. The summed E-state index contributed by atoms with van der Waals surface area (Å²) in [6.07, 6.45) is -1.44. The number of methoxy groups -OCH3 is 1. The molecule has 1 aliphatic rings. The van der Waals surface area contributed by atoms with E-state index in [0.717, 1.165) is 5.56 Å². The van der Waals surface area contributed by atoms with Crippen LogP contribution in [-0.2, 0) is 9.47 Å². The van der Waals surface area contributed by atoms with E-state index < -0.39 is 12.5 Å². The molecule has 0 unspecified atom stereocenters. The van der Waals surface area contributed by atoms with Crippen LogP contribution in [0.2, 0.25) is 0 Å². The molecule has 1 heterocycles. The van der Waals surface area contributed by atoms with Crippen molar-refractivity contribution in [2.45, 2.75) is 12.5 Å². The zero-order valence-electron chi connectivity index (χ0n) is 7.37. The number of hydrogen-bond acceptors (Lipinski definition) is 2. The number of rotatable bonds is 1. The maximum Gasteiger partial charge on any atom is 0.183 e. The molecule has 1 aromatic carbocycles. The van der Waals surface area contributed by atoms with E-state index in [2.05, 4.69) is 0 Å². The topological polar surface area (TPSA) is 18.5 Å². The van der Waals surface area contributed by atoms with Crippen molar-refractivity contribution in [3.63, 3.8) is 0 Å². The van der Waals surface area contributed by atoms with Gasteiger partial charge in [0.1, 0.15) is 6.17 Å². The lowest BCUT2D eigenvalue weighted by Crippen LogP contribution is -2.19. The van der Waals surface area contributed by atoms with Crippen molar-refractivity contribution < 1.29 is 13.9 Å². The Kier molecular flexibility index (Phi) is 2.29. The Bertz CT molecular complexity index is 301. The van der Waals surface area contributed by atoms with Gasteiger partial charge in [-0.25, -0.2) is 4.39 Å². The second-order valence-corrected chi connectivity index (χ2v) is 3.00. The van der Waals surface area contributed by atoms with Gasteiger partial charge in [-0.15, -0.1) is 0 Å². The summed E-state index contributed by atoms with van der Waals surface area (Å²) in [4.78, 5) is 0. The molecule has 0 fully saturated rings. The number of halogens is 1. The smallest absolute Gasteiger partial charge is 0.183 e. The number of benzene rings is 1. The summed E-state index contributed by atoms with van der Waals surface area (Å²) in [7, 11) is 1.56. The standard InChI is InChI=1S/C10H11FO2/c1-12-10-8-5-3-2-4-7(8)9(11)6-13-10/h2-5,9-10H,6H2,1H3/t9-,10-/m1/s1. The van der Waals surface area contributed by atoms with Crippen molar-refractivity contribution in [2.24, 2.45) is 0 Å². The van der Waals surface area contributed by atoms with E-state index in [1.165, 1.54) is 0 Å². The molecule has 0 saturated carbocycles. The lowest BCUT2D eigenvalue weighted by molar-refractivity contribution is -0.150. The third kappa shape index (κ3) is 1.45. The maximum absolute atomic E-state index is 13.3. The van der Waals surface area contributed by atoms with Crippen LogP contribution in [-0.4, -0.2) is 13.7 Å². The predicted octanol–water partition coefficient (Wildman–Crippen LogP) is 2.37. The highest BCUT2D eigenvalue weighted by Gasteiger charge is 2.26. The van der Waals surface area contributed by atoms with Crippen LogP contribution in [0.4, 0.5) is 4.39 Å². The van der Waals surface area contributed by atoms with Gasteiger partial charge in [-0.2, -0.15) is 0 Å². The Morgan fingerprint density at radius 1 is 1.38 bits per heavy atom. The summed E-state index contributed by atoms with van der Waals surface area (Å²) in [5, 5.41) is 0. The second-order valence-electron chi connectivity index (χ2n) is 3.00. The molecule has 0 bridgehead atoms. The molecule has 1 aromatic rings. The fraction of sp³-hybridized carbons (Fsp3) is 0.400. The third-order valence-electron chi connectivity index (χ3n) is 2.20. The molecular formula is C10H11FO2. The highest BCUT2D eigenvalue weighted by Crippen LogP contribution is 2.34. The van der Waals surface area contributed by atoms with Gasteiger partial charge in [0.25, 0.3) is 0 Å². The fourth-order valence-electron chi connectivity index (χ4n) is 1.56. The molecule has 3 heteroatoms. The van der Waals surface area contributed by atoms with Crippen molar-refractivity contribution >= 4 is 0 Å². The largest absolute Gasteiger partial charge is 0.352 e. The van der Waals surface area contributed by atoms with E-state index in [1.54, 1.807) is 13.2 Å². The van der Waals surface area contributed by atoms with Crippen LogP contribution in [0, 0.1) is 0 Å². The normalized spacial score (nSPS) is 26.9. The first-order valence-electron chi connectivity index (χ1n) is 4.20. The van der Waals surface area contributed by atoms with Gasteiger partial charge >= 0.3 is 0 Å². The van der Waals surface area contributed by atoms with Gasteiger partial charge in [-0.3, -0.25) is 0 Å². The Morgan fingerprint density at radius 2 is 2.08 bits per heavy atom. The Labute approximate surface area is 76.3 Å². The molecule has 70 valence electrons. The van der Waals surface area contributed by atoms with Crippen molar-refractivity contribution in [3.05, 3.63) is 35.4 Å². The summed E-state index contributed by atoms with van der Waals surface area (Å²) >= 11 is 0. The van der Waals surface area contributed by atoms with Gasteiger partial charge < -0.3 is 9.47 Å². The summed E-state index contributed by atoms with van der Waals surface area (Å²) < 4.78 is 23.6. The van der Waals surface area contributed by atoms with Crippen LogP contribution in [0.15, 0.2) is 24.3 Å².